The molecule has 0 aliphatic carbocycles. The smallest absolute Gasteiger partial charge is 0.224 e. The highest BCUT2D eigenvalue weighted by Gasteiger charge is 2.07. The molecule has 19 heavy (non-hydrogen) atoms. The lowest BCUT2D eigenvalue weighted by molar-refractivity contribution is 0.587. The first-order valence-electron chi connectivity index (χ1n) is 5.39. The summed E-state index contributed by atoms with van der Waals surface area (Å²) in [6, 6.07) is 3.37. The van der Waals surface area contributed by atoms with Crippen molar-refractivity contribution in [2.75, 3.05) is 17.3 Å². The number of hydrogen-bond donors (Lipinski definition) is 1. The molecule has 2 aromatic heterocycles. The summed E-state index contributed by atoms with van der Waals surface area (Å²) in [7, 11) is -3.03. The van der Waals surface area contributed by atoms with Crippen LogP contribution in [0.5, 0.6) is 0 Å². The van der Waals surface area contributed by atoms with Gasteiger partial charge in [-0.15, -0.1) is 0 Å². The molecule has 0 atom stereocenters. The van der Waals surface area contributed by atoms with E-state index in [1.165, 1.54) is 12.5 Å². The van der Waals surface area contributed by atoms with E-state index in [0.717, 1.165) is 0 Å². The molecule has 0 aliphatic rings. The van der Waals surface area contributed by atoms with Gasteiger partial charge in [0.15, 0.2) is 0 Å². The van der Waals surface area contributed by atoms with Crippen molar-refractivity contribution >= 4 is 33.1 Å². The van der Waals surface area contributed by atoms with Gasteiger partial charge in [0, 0.05) is 18.5 Å². The maximum absolute atomic E-state index is 11.1. The molecule has 0 saturated carbocycles. The lowest BCUT2D eigenvalue weighted by atomic mass is 10.5. The summed E-state index contributed by atoms with van der Waals surface area (Å²) >= 11 is 5.68. The quantitative estimate of drug-likeness (QED) is 0.832. The van der Waals surface area contributed by atoms with Crippen LogP contribution in [0.1, 0.15) is 0 Å². The molecule has 7 nitrogen and oxygen atoms in total. The molecule has 0 bridgehead atoms. The molecule has 2 aromatic rings. The minimum atomic E-state index is -3.03. The first-order chi connectivity index (χ1) is 8.94. The third-order valence-corrected chi connectivity index (χ3v) is 3.38. The molecular weight excluding hydrogens is 290 g/mol. The van der Waals surface area contributed by atoms with Crippen molar-refractivity contribution in [3.63, 3.8) is 0 Å². The molecule has 102 valence electrons. The Morgan fingerprint density at radius 3 is 2.84 bits per heavy atom. The fourth-order valence-corrected chi connectivity index (χ4v) is 2.06. The Morgan fingerprint density at radius 2 is 2.16 bits per heavy atom. The van der Waals surface area contributed by atoms with Crippen molar-refractivity contribution < 1.29 is 8.42 Å². The summed E-state index contributed by atoms with van der Waals surface area (Å²) < 4.78 is 23.8. The number of halogens is 1. The third kappa shape index (κ3) is 4.18. The summed E-state index contributed by atoms with van der Waals surface area (Å²) in [5.74, 6) is 1.17. The summed E-state index contributed by atoms with van der Waals surface area (Å²) in [6.07, 6.45) is 4.29. The summed E-state index contributed by atoms with van der Waals surface area (Å²) in [4.78, 5) is 7.75. The van der Waals surface area contributed by atoms with Crippen LogP contribution in [-0.2, 0) is 16.4 Å². The average Bonchev–Trinajstić information content (AvgIpc) is 2.73. The summed E-state index contributed by atoms with van der Waals surface area (Å²) in [5.41, 5.74) is 0. The van der Waals surface area contributed by atoms with Gasteiger partial charge in [-0.3, -0.25) is 0 Å². The second-order valence-electron chi connectivity index (χ2n) is 3.91. The highest BCUT2D eigenvalue weighted by molar-refractivity contribution is 7.90. The number of rotatable bonds is 5. The zero-order valence-electron chi connectivity index (χ0n) is 10.1. The Labute approximate surface area is 115 Å². The van der Waals surface area contributed by atoms with Crippen molar-refractivity contribution in [2.45, 2.75) is 6.54 Å². The molecule has 0 unspecified atom stereocenters. The van der Waals surface area contributed by atoms with E-state index in [1.807, 2.05) is 0 Å². The van der Waals surface area contributed by atoms with Gasteiger partial charge in [0.25, 0.3) is 0 Å². The Bertz CT molecular complexity index is 670. The number of nitrogens with zero attached hydrogens (tertiary/aromatic N) is 4. The first kappa shape index (κ1) is 13.8. The van der Waals surface area contributed by atoms with Gasteiger partial charge in [0.05, 0.1) is 18.5 Å². The molecule has 0 fully saturated rings. The molecule has 0 radical (unpaired) electrons. The Morgan fingerprint density at radius 1 is 1.37 bits per heavy atom. The Hall–Kier alpha value is -1.67. The van der Waals surface area contributed by atoms with Gasteiger partial charge in [-0.25, -0.2) is 23.1 Å². The van der Waals surface area contributed by atoms with E-state index in [0.29, 0.717) is 11.6 Å². The average molecular weight is 302 g/mol. The monoisotopic (exact) mass is 301 g/mol. The topological polar surface area (TPSA) is 89.8 Å². The van der Waals surface area contributed by atoms with Gasteiger partial charge in [0.2, 0.25) is 5.28 Å². The van der Waals surface area contributed by atoms with E-state index in [4.69, 9.17) is 11.6 Å². The SMILES string of the molecule is CS(=O)(=O)CCn1nccc1Nc1ccnc(Cl)n1. The highest BCUT2D eigenvalue weighted by Crippen LogP contribution is 2.14. The van der Waals surface area contributed by atoms with Crippen LogP contribution in [0.15, 0.2) is 24.5 Å². The minimum absolute atomic E-state index is 0.0217. The molecular formula is C10H12ClN5O2S. The van der Waals surface area contributed by atoms with Crippen molar-refractivity contribution in [2.24, 2.45) is 0 Å². The molecule has 2 heterocycles. The number of sulfone groups is 1. The fourth-order valence-electron chi connectivity index (χ4n) is 1.41. The molecule has 0 amide bonds. The third-order valence-electron chi connectivity index (χ3n) is 2.27. The number of hydrogen-bond acceptors (Lipinski definition) is 6. The van der Waals surface area contributed by atoms with E-state index < -0.39 is 9.84 Å². The lowest BCUT2D eigenvalue weighted by Crippen LogP contribution is -2.14. The second kappa shape index (κ2) is 5.54. The van der Waals surface area contributed by atoms with Crippen LogP contribution in [-0.4, -0.2) is 40.2 Å². The van der Waals surface area contributed by atoms with Crippen LogP contribution >= 0.6 is 11.6 Å². The van der Waals surface area contributed by atoms with Gasteiger partial charge < -0.3 is 5.32 Å². The van der Waals surface area contributed by atoms with E-state index >= 15 is 0 Å². The normalized spacial score (nSPS) is 11.5. The molecule has 0 aromatic carbocycles. The Balaban J connectivity index is 2.11. The highest BCUT2D eigenvalue weighted by atomic mass is 35.5. The van der Waals surface area contributed by atoms with Gasteiger partial charge in [-0.05, 0) is 17.7 Å². The maximum atomic E-state index is 11.1. The number of nitrogens with one attached hydrogen (secondary N) is 1. The van der Waals surface area contributed by atoms with Crippen molar-refractivity contribution in [1.29, 1.82) is 0 Å². The van der Waals surface area contributed by atoms with Gasteiger partial charge in [-0.1, -0.05) is 0 Å². The van der Waals surface area contributed by atoms with Crippen LogP contribution < -0.4 is 5.32 Å². The van der Waals surface area contributed by atoms with Gasteiger partial charge >= 0.3 is 0 Å². The number of aromatic nitrogens is 4. The predicted molar refractivity (Wildman–Crippen MR) is 72.3 cm³/mol. The zero-order chi connectivity index (χ0) is 13.9. The first-order valence-corrected chi connectivity index (χ1v) is 7.83. The van der Waals surface area contributed by atoms with Crippen molar-refractivity contribution in [3.8, 4) is 0 Å². The molecule has 2 rings (SSSR count). The van der Waals surface area contributed by atoms with E-state index in [2.05, 4.69) is 20.4 Å². The number of aryl methyl sites for hydroxylation is 1. The largest absolute Gasteiger partial charge is 0.325 e. The Kier molecular flexibility index (Phi) is 4.01. The predicted octanol–water partition coefficient (Wildman–Crippen LogP) is 1.11. The lowest BCUT2D eigenvalue weighted by Gasteiger charge is -2.08. The molecule has 9 heteroatoms. The summed E-state index contributed by atoms with van der Waals surface area (Å²) in [6.45, 7) is 0.271. The number of anilines is 2. The van der Waals surface area contributed by atoms with Crippen LogP contribution in [0, 0.1) is 0 Å². The molecule has 0 saturated heterocycles. The van der Waals surface area contributed by atoms with Crippen molar-refractivity contribution in [1.82, 2.24) is 19.7 Å². The molecule has 0 aliphatic heterocycles. The van der Waals surface area contributed by atoms with Crippen LogP contribution in [0.25, 0.3) is 0 Å². The zero-order valence-corrected chi connectivity index (χ0v) is 11.7. The van der Waals surface area contributed by atoms with Gasteiger partial charge in [0.1, 0.15) is 21.5 Å². The summed E-state index contributed by atoms with van der Waals surface area (Å²) in [5, 5.41) is 7.18. The maximum Gasteiger partial charge on any atom is 0.224 e. The van der Waals surface area contributed by atoms with Crippen LogP contribution in [0.2, 0.25) is 5.28 Å². The van der Waals surface area contributed by atoms with E-state index in [1.54, 1.807) is 23.0 Å². The second-order valence-corrected chi connectivity index (χ2v) is 6.50. The molecule has 0 spiro atoms. The van der Waals surface area contributed by atoms with E-state index in [-0.39, 0.29) is 17.6 Å². The standard InChI is InChI=1S/C10H12ClN5O2S/c1-19(17,18)7-6-16-9(3-5-13-16)14-8-2-4-12-10(11)15-8/h2-5H,6-7H2,1H3,(H,12,14,15). The van der Waals surface area contributed by atoms with E-state index in [9.17, 15) is 8.42 Å². The van der Waals surface area contributed by atoms with Crippen LogP contribution in [0.4, 0.5) is 11.6 Å². The fraction of sp³-hybridized carbons (Fsp3) is 0.300. The molecule has 1 N–H and O–H groups in total. The van der Waals surface area contributed by atoms with Gasteiger partial charge in [-0.2, -0.15) is 5.10 Å². The van der Waals surface area contributed by atoms with Crippen molar-refractivity contribution in [3.05, 3.63) is 29.8 Å². The van der Waals surface area contributed by atoms with Crippen LogP contribution in [0.3, 0.4) is 0 Å². The minimum Gasteiger partial charge on any atom is -0.325 e.